The second-order valence-corrected chi connectivity index (χ2v) is 5.71. The molecule has 1 saturated heterocycles. The molecule has 0 bridgehead atoms. The van der Waals surface area contributed by atoms with Crippen molar-refractivity contribution in [3.8, 4) is 0 Å². The second-order valence-electron chi connectivity index (χ2n) is 5.71. The van der Waals surface area contributed by atoms with Gasteiger partial charge in [-0.15, -0.1) is 0 Å². The molecule has 2 unspecified atom stereocenters. The van der Waals surface area contributed by atoms with Gasteiger partial charge in [0.15, 0.2) is 6.23 Å². The summed E-state index contributed by atoms with van der Waals surface area (Å²) < 4.78 is 5.24. The van der Waals surface area contributed by atoms with Crippen LogP contribution in [0.15, 0.2) is 10.6 Å². The van der Waals surface area contributed by atoms with E-state index in [2.05, 4.69) is 25.9 Å². The first-order valence-electron chi connectivity index (χ1n) is 6.51. The quantitative estimate of drug-likeness (QED) is 0.908. The zero-order valence-corrected chi connectivity index (χ0v) is 12.0. The van der Waals surface area contributed by atoms with Crippen LogP contribution in [0.2, 0.25) is 0 Å². The number of carbonyl (C=O) groups excluding carboxylic acids is 1. The van der Waals surface area contributed by atoms with Gasteiger partial charge >= 0.3 is 6.03 Å². The normalized spacial score (nSPS) is 24.4. The van der Waals surface area contributed by atoms with Gasteiger partial charge in [-0.2, -0.15) is 0 Å². The number of hydrogen-bond acceptors (Lipinski definition) is 4. The molecule has 1 aliphatic rings. The summed E-state index contributed by atoms with van der Waals surface area (Å²) in [6.07, 6.45) is -0.00534. The molecule has 0 saturated carbocycles. The third-order valence-corrected chi connectivity index (χ3v) is 4.13. The smallest absolute Gasteiger partial charge is 0.329 e. The van der Waals surface area contributed by atoms with Crippen LogP contribution in [0.1, 0.15) is 39.8 Å². The van der Waals surface area contributed by atoms with Crippen LogP contribution in [-0.4, -0.2) is 40.5 Å². The number of amides is 2. The van der Waals surface area contributed by atoms with Crippen LogP contribution in [0.25, 0.3) is 0 Å². The lowest BCUT2D eigenvalue weighted by molar-refractivity contribution is 0.135. The summed E-state index contributed by atoms with van der Waals surface area (Å²) in [5.74, 6) is 0.297. The van der Waals surface area contributed by atoms with Gasteiger partial charge in [0.2, 0.25) is 5.88 Å². The fourth-order valence-corrected chi connectivity index (χ4v) is 1.98. The van der Waals surface area contributed by atoms with E-state index in [1.54, 1.807) is 20.0 Å². The fourth-order valence-electron chi connectivity index (χ4n) is 1.98. The largest absolute Gasteiger partial charge is 0.371 e. The van der Waals surface area contributed by atoms with Crippen molar-refractivity contribution in [3.63, 3.8) is 0 Å². The van der Waals surface area contributed by atoms with E-state index in [1.807, 2.05) is 0 Å². The van der Waals surface area contributed by atoms with Crippen LogP contribution < -0.4 is 4.90 Å². The van der Waals surface area contributed by atoms with Gasteiger partial charge in [0, 0.05) is 18.5 Å². The van der Waals surface area contributed by atoms with E-state index in [9.17, 15) is 9.90 Å². The maximum absolute atomic E-state index is 12.1. The Bertz CT molecular complexity index is 483. The molecule has 106 valence electrons. The molecular weight excluding hydrogens is 246 g/mol. The van der Waals surface area contributed by atoms with Crippen molar-refractivity contribution < 1.29 is 14.4 Å². The molecule has 0 aliphatic carbocycles. The zero-order valence-electron chi connectivity index (χ0n) is 12.0. The van der Waals surface area contributed by atoms with Crippen molar-refractivity contribution in [1.82, 2.24) is 10.1 Å². The molecule has 6 nitrogen and oxygen atoms in total. The van der Waals surface area contributed by atoms with Gasteiger partial charge in [-0.05, 0) is 13.3 Å². The van der Waals surface area contributed by atoms with Crippen LogP contribution >= 0.6 is 0 Å². The monoisotopic (exact) mass is 267 g/mol. The lowest BCUT2D eigenvalue weighted by atomic mass is 9.87. The predicted molar refractivity (Wildman–Crippen MR) is 70.9 cm³/mol. The lowest BCUT2D eigenvalue weighted by Crippen LogP contribution is -2.35. The summed E-state index contributed by atoms with van der Waals surface area (Å²) in [6, 6.07) is 1.17. The van der Waals surface area contributed by atoms with Crippen LogP contribution in [0.4, 0.5) is 10.7 Å². The number of urea groups is 1. The zero-order chi connectivity index (χ0) is 14.4. The molecule has 6 heteroatoms. The highest BCUT2D eigenvalue weighted by Gasteiger charge is 2.43. The highest BCUT2D eigenvalue weighted by molar-refractivity contribution is 5.93. The van der Waals surface area contributed by atoms with Gasteiger partial charge in [-0.25, -0.2) is 9.69 Å². The van der Waals surface area contributed by atoms with E-state index < -0.39 is 6.23 Å². The standard InChI is InChI=1S/C13H21N3O3/c1-6-13(3,4)9-7-10(19-14-9)16-11(17)8(2)15(5)12(16)18/h7-8,11,17H,6H2,1-5H3. The first-order valence-corrected chi connectivity index (χ1v) is 6.51. The minimum atomic E-state index is -0.914. The molecule has 0 aromatic carbocycles. The molecule has 1 aromatic rings. The Morgan fingerprint density at radius 3 is 2.63 bits per heavy atom. The molecule has 2 rings (SSSR count). The van der Waals surface area contributed by atoms with E-state index in [1.165, 1.54) is 9.80 Å². The third-order valence-electron chi connectivity index (χ3n) is 4.13. The van der Waals surface area contributed by atoms with Crippen molar-refractivity contribution in [2.45, 2.75) is 51.8 Å². The fraction of sp³-hybridized carbons (Fsp3) is 0.692. The summed E-state index contributed by atoms with van der Waals surface area (Å²) in [4.78, 5) is 14.8. The molecule has 2 atom stereocenters. The predicted octanol–water partition coefficient (Wildman–Crippen LogP) is 1.94. The average Bonchev–Trinajstić information content (AvgIpc) is 2.92. The number of aromatic nitrogens is 1. The number of aliphatic hydroxyl groups excluding tert-OH is 1. The highest BCUT2D eigenvalue weighted by atomic mass is 16.5. The minimum Gasteiger partial charge on any atom is -0.371 e. The minimum absolute atomic E-state index is 0.118. The number of aliphatic hydroxyl groups is 1. The summed E-state index contributed by atoms with van der Waals surface area (Å²) in [5, 5.41) is 14.1. The van der Waals surface area contributed by atoms with Gasteiger partial charge in [0.25, 0.3) is 0 Å². The van der Waals surface area contributed by atoms with Gasteiger partial charge in [0.05, 0.1) is 11.7 Å². The van der Waals surface area contributed by atoms with Crippen molar-refractivity contribution in [3.05, 3.63) is 11.8 Å². The Morgan fingerprint density at radius 2 is 2.16 bits per heavy atom. The van der Waals surface area contributed by atoms with Gasteiger partial charge < -0.3 is 14.5 Å². The van der Waals surface area contributed by atoms with Gasteiger partial charge in [-0.1, -0.05) is 25.9 Å². The van der Waals surface area contributed by atoms with Crippen LogP contribution in [0, 0.1) is 0 Å². The van der Waals surface area contributed by atoms with Crippen LogP contribution in [-0.2, 0) is 5.41 Å². The third kappa shape index (κ3) is 2.10. The lowest BCUT2D eigenvalue weighted by Gasteiger charge is -2.18. The Kier molecular flexibility index (Phi) is 3.30. The van der Waals surface area contributed by atoms with Gasteiger partial charge in [0.1, 0.15) is 0 Å². The molecule has 1 fully saturated rings. The molecule has 1 aliphatic heterocycles. The van der Waals surface area contributed by atoms with Gasteiger partial charge in [-0.3, -0.25) is 0 Å². The molecule has 1 N–H and O–H groups in total. The first-order chi connectivity index (χ1) is 8.79. The molecule has 19 heavy (non-hydrogen) atoms. The molecule has 2 amide bonds. The van der Waals surface area contributed by atoms with Crippen molar-refractivity contribution in [1.29, 1.82) is 0 Å². The number of anilines is 1. The number of likely N-dealkylation sites (N-methyl/N-ethyl adjacent to an activating group) is 1. The van der Waals surface area contributed by atoms with Crippen LogP contribution in [0.5, 0.6) is 0 Å². The topological polar surface area (TPSA) is 69.8 Å². The average molecular weight is 267 g/mol. The van der Waals surface area contributed by atoms with Crippen molar-refractivity contribution >= 4 is 11.9 Å². The SMILES string of the molecule is CCC(C)(C)c1cc(N2C(=O)N(C)C(C)C2O)on1. The second kappa shape index (κ2) is 4.52. The van der Waals surface area contributed by atoms with E-state index in [-0.39, 0.29) is 17.5 Å². The molecule has 0 spiro atoms. The Hall–Kier alpha value is -1.56. The number of hydrogen-bond donors (Lipinski definition) is 1. The highest BCUT2D eigenvalue weighted by Crippen LogP contribution is 2.32. The number of rotatable bonds is 3. The molecular formula is C13H21N3O3. The summed E-state index contributed by atoms with van der Waals surface area (Å²) in [6.45, 7) is 7.98. The number of nitrogens with zero attached hydrogens (tertiary/aromatic N) is 3. The summed E-state index contributed by atoms with van der Waals surface area (Å²) in [7, 11) is 1.66. The Balaban J connectivity index is 2.31. The Morgan fingerprint density at radius 1 is 1.53 bits per heavy atom. The summed E-state index contributed by atoms with van der Waals surface area (Å²) >= 11 is 0. The number of carbonyl (C=O) groups is 1. The van der Waals surface area contributed by atoms with E-state index in [0.29, 0.717) is 5.88 Å². The van der Waals surface area contributed by atoms with Crippen molar-refractivity contribution in [2.24, 2.45) is 0 Å². The maximum Gasteiger partial charge on any atom is 0.329 e. The van der Waals surface area contributed by atoms with E-state index in [4.69, 9.17) is 4.52 Å². The molecule has 0 radical (unpaired) electrons. The van der Waals surface area contributed by atoms with Crippen molar-refractivity contribution in [2.75, 3.05) is 11.9 Å². The first kappa shape index (κ1) is 13.9. The van der Waals surface area contributed by atoms with E-state index in [0.717, 1.165) is 12.1 Å². The van der Waals surface area contributed by atoms with Crippen LogP contribution in [0.3, 0.4) is 0 Å². The maximum atomic E-state index is 12.1. The van der Waals surface area contributed by atoms with E-state index >= 15 is 0 Å². The Labute approximate surface area is 113 Å². The molecule has 2 heterocycles. The molecule has 1 aromatic heterocycles. The summed E-state index contributed by atoms with van der Waals surface area (Å²) in [5.41, 5.74) is 0.666.